The van der Waals surface area contributed by atoms with E-state index < -0.39 is 0 Å². The van der Waals surface area contributed by atoms with Crippen molar-refractivity contribution < 1.29 is 5.11 Å². The zero-order valence-electron chi connectivity index (χ0n) is 9.87. The molecule has 2 rings (SSSR count). The summed E-state index contributed by atoms with van der Waals surface area (Å²) in [6.45, 7) is 0.983. The lowest BCUT2D eigenvalue weighted by molar-refractivity contribution is 0.322. The first-order valence-electron chi connectivity index (χ1n) is 5.63. The summed E-state index contributed by atoms with van der Waals surface area (Å²) < 4.78 is 0. The molecule has 0 radical (unpaired) electrons. The monoisotopic (exact) mass is 281 g/mol. The van der Waals surface area contributed by atoms with Crippen LogP contribution >= 0.6 is 23.1 Å². The van der Waals surface area contributed by atoms with Crippen LogP contribution in [0.1, 0.15) is 10.4 Å². The smallest absolute Gasteiger partial charge is 0.126 e. The average molecular weight is 281 g/mol. The predicted molar refractivity (Wildman–Crippen MR) is 76.9 cm³/mol. The molecule has 0 aliphatic rings. The second kappa shape index (κ2) is 7.35. The number of hydrogen-bond donors (Lipinski definition) is 2. The maximum atomic E-state index is 8.74. The van der Waals surface area contributed by atoms with Crippen molar-refractivity contribution in [3.8, 4) is 0 Å². The molecule has 6 heteroatoms. The van der Waals surface area contributed by atoms with E-state index >= 15 is 0 Å². The van der Waals surface area contributed by atoms with Crippen molar-refractivity contribution in [1.82, 2.24) is 9.97 Å². The molecule has 96 valence electrons. The fourth-order valence-corrected chi connectivity index (χ4v) is 2.65. The molecule has 0 aliphatic heterocycles. The van der Waals surface area contributed by atoms with Crippen molar-refractivity contribution in [3.63, 3.8) is 0 Å². The van der Waals surface area contributed by atoms with Gasteiger partial charge in [0.15, 0.2) is 0 Å². The Morgan fingerprint density at radius 3 is 3.17 bits per heavy atom. The summed E-state index contributed by atoms with van der Waals surface area (Å²) in [5.74, 6) is 2.55. The van der Waals surface area contributed by atoms with Crippen molar-refractivity contribution in [1.29, 1.82) is 0 Å². The van der Waals surface area contributed by atoms with Gasteiger partial charge in [-0.05, 0) is 17.7 Å². The molecule has 0 saturated heterocycles. The zero-order chi connectivity index (χ0) is 12.6. The molecule has 0 unspecified atom stereocenters. The van der Waals surface area contributed by atoms with Crippen LogP contribution in [0.5, 0.6) is 0 Å². The predicted octanol–water partition coefficient (Wildman–Crippen LogP) is 2.38. The van der Waals surface area contributed by atoms with Crippen LogP contribution in [0.2, 0.25) is 0 Å². The SMILES string of the molecule is OCCSCc1ccnc(NCc2cncs2)c1. The third-order valence-corrected chi connectivity index (χ3v) is 4.04. The maximum absolute atomic E-state index is 8.74. The second-order valence-electron chi connectivity index (χ2n) is 3.65. The minimum Gasteiger partial charge on any atom is -0.396 e. The molecule has 0 amide bonds. The van der Waals surface area contributed by atoms with E-state index in [0.717, 1.165) is 23.9 Å². The molecule has 4 nitrogen and oxygen atoms in total. The number of rotatable bonds is 7. The van der Waals surface area contributed by atoms with Crippen molar-refractivity contribution in [2.45, 2.75) is 12.3 Å². The van der Waals surface area contributed by atoms with Gasteiger partial charge in [0.2, 0.25) is 0 Å². The normalized spacial score (nSPS) is 10.5. The molecule has 0 aromatic carbocycles. The van der Waals surface area contributed by atoms with E-state index in [4.69, 9.17) is 5.11 Å². The highest BCUT2D eigenvalue weighted by Crippen LogP contribution is 2.15. The summed E-state index contributed by atoms with van der Waals surface area (Å²) in [6, 6.07) is 4.05. The van der Waals surface area contributed by atoms with Crippen molar-refractivity contribution in [2.75, 3.05) is 17.7 Å². The van der Waals surface area contributed by atoms with Gasteiger partial charge in [0.1, 0.15) is 5.82 Å². The van der Waals surface area contributed by atoms with Gasteiger partial charge in [-0.2, -0.15) is 11.8 Å². The number of anilines is 1. The van der Waals surface area contributed by atoms with Crippen LogP contribution in [-0.2, 0) is 12.3 Å². The van der Waals surface area contributed by atoms with E-state index in [1.807, 2.05) is 30.0 Å². The van der Waals surface area contributed by atoms with Gasteiger partial charge < -0.3 is 10.4 Å². The van der Waals surface area contributed by atoms with Crippen LogP contribution in [0.4, 0.5) is 5.82 Å². The number of thiazole rings is 1. The zero-order valence-corrected chi connectivity index (χ0v) is 11.5. The van der Waals surface area contributed by atoms with Crippen molar-refractivity contribution in [2.24, 2.45) is 0 Å². The maximum Gasteiger partial charge on any atom is 0.126 e. The van der Waals surface area contributed by atoms with Crippen LogP contribution < -0.4 is 5.32 Å². The minimum atomic E-state index is 0.228. The van der Waals surface area contributed by atoms with Gasteiger partial charge in [-0.3, -0.25) is 4.98 Å². The molecule has 0 spiro atoms. The first kappa shape index (κ1) is 13.3. The van der Waals surface area contributed by atoms with E-state index in [-0.39, 0.29) is 6.61 Å². The molecule has 2 heterocycles. The van der Waals surface area contributed by atoms with Crippen LogP contribution in [0.15, 0.2) is 30.0 Å². The Hall–Kier alpha value is -1.11. The fraction of sp³-hybridized carbons (Fsp3) is 0.333. The summed E-state index contributed by atoms with van der Waals surface area (Å²) in [7, 11) is 0. The summed E-state index contributed by atoms with van der Waals surface area (Å²) in [5, 5.41) is 12.0. The summed E-state index contributed by atoms with van der Waals surface area (Å²) in [4.78, 5) is 9.51. The Kier molecular flexibility index (Phi) is 5.44. The number of aliphatic hydroxyl groups is 1. The lowest BCUT2D eigenvalue weighted by Gasteiger charge is -2.06. The highest BCUT2D eigenvalue weighted by molar-refractivity contribution is 7.98. The second-order valence-corrected chi connectivity index (χ2v) is 5.72. The Bertz CT molecular complexity index is 462. The Balaban J connectivity index is 1.86. The number of aliphatic hydroxyl groups excluding tert-OH is 1. The molecule has 18 heavy (non-hydrogen) atoms. The highest BCUT2D eigenvalue weighted by Gasteiger charge is 1.99. The van der Waals surface area contributed by atoms with Gasteiger partial charge in [-0.15, -0.1) is 11.3 Å². The third kappa shape index (κ3) is 4.29. The molecule has 2 aromatic rings. The van der Waals surface area contributed by atoms with Gasteiger partial charge in [0.25, 0.3) is 0 Å². The van der Waals surface area contributed by atoms with E-state index in [1.165, 1.54) is 10.4 Å². The van der Waals surface area contributed by atoms with Gasteiger partial charge in [0, 0.05) is 28.8 Å². The lowest BCUT2D eigenvalue weighted by atomic mass is 10.3. The largest absolute Gasteiger partial charge is 0.396 e. The summed E-state index contributed by atoms with van der Waals surface area (Å²) in [6.07, 6.45) is 3.67. The molecule has 2 N–H and O–H groups in total. The number of aromatic nitrogens is 2. The molecule has 0 fully saturated rings. The van der Waals surface area contributed by atoms with Crippen LogP contribution in [0.3, 0.4) is 0 Å². The number of pyridine rings is 1. The standard InChI is InChI=1S/C12H15N3OS2/c16-3-4-17-8-10-1-2-14-12(5-10)15-7-11-6-13-9-18-11/h1-2,5-6,9,16H,3-4,7-8H2,(H,14,15). The molecule has 0 aliphatic carbocycles. The van der Waals surface area contributed by atoms with E-state index in [0.29, 0.717) is 0 Å². The Labute approximate surface area is 114 Å². The number of thioether (sulfide) groups is 1. The fourth-order valence-electron chi connectivity index (χ4n) is 1.42. The lowest BCUT2D eigenvalue weighted by Crippen LogP contribution is -2.00. The summed E-state index contributed by atoms with van der Waals surface area (Å²) >= 11 is 3.35. The van der Waals surface area contributed by atoms with Gasteiger partial charge in [-0.25, -0.2) is 4.98 Å². The first-order chi connectivity index (χ1) is 8.88. The first-order valence-corrected chi connectivity index (χ1v) is 7.66. The molecular formula is C12H15N3OS2. The minimum absolute atomic E-state index is 0.228. The van der Waals surface area contributed by atoms with Crippen LogP contribution in [-0.4, -0.2) is 27.4 Å². The topological polar surface area (TPSA) is 58.0 Å². The average Bonchev–Trinajstić information content (AvgIpc) is 2.90. The molecule has 0 saturated carbocycles. The number of nitrogens with zero attached hydrogens (tertiary/aromatic N) is 2. The number of hydrogen-bond acceptors (Lipinski definition) is 6. The molecule has 0 bridgehead atoms. The molecule has 0 atom stereocenters. The van der Waals surface area contributed by atoms with Crippen LogP contribution in [0, 0.1) is 0 Å². The Morgan fingerprint density at radius 2 is 2.39 bits per heavy atom. The Morgan fingerprint density at radius 1 is 1.44 bits per heavy atom. The molecule has 2 aromatic heterocycles. The van der Waals surface area contributed by atoms with E-state index in [2.05, 4.69) is 15.3 Å². The van der Waals surface area contributed by atoms with Gasteiger partial charge in [-0.1, -0.05) is 0 Å². The number of nitrogens with one attached hydrogen (secondary N) is 1. The third-order valence-electron chi connectivity index (χ3n) is 2.26. The molecular weight excluding hydrogens is 266 g/mol. The van der Waals surface area contributed by atoms with E-state index in [9.17, 15) is 0 Å². The van der Waals surface area contributed by atoms with Crippen LogP contribution in [0.25, 0.3) is 0 Å². The van der Waals surface area contributed by atoms with Crippen molar-refractivity contribution >= 4 is 28.9 Å². The summed E-state index contributed by atoms with van der Waals surface area (Å²) in [5.41, 5.74) is 3.04. The quantitative estimate of drug-likeness (QED) is 0.763. The van der Waals surface area contributed by atoms with E-state index in [1.54, 1.807) is 23.1 Å². The van der Waals surface area contributed by atoms with Gasteiger partial charge >= 0.3 is 0 Å². The van der Waals surface area contributed by atoms with Gasteiger partial charge in [0.05, 0.1) is 18.7 Å². The van der Waals surface area contributed by atoms with Crippen molar-refractivity contribution in [3.05, 3.63) is 40.5 Å². The highest BCUT2D eigenvalue weighted by atomic mass is 32.2.